The van der Waals surface area contributed by atoms with Crippen LogP contribution in [-0.4, -0.2) is 31.4 Å². The van der Waals surface area contributed by atoms with Gasteiger partial charge in [0, 0.05) is 7.11 Å². The summed E-state index contributed by atoms with van der Waals surface area (Å²) in [7, 11) is 1.51. The molecule has 0 saturated carbocycles. The highest BCUT2D eigenvalue weighted by Gasteiger charge is 2.08. The van der Waals surface area contributed by atoms with Crippen molar-refractivity contribution >= 4 is 18.1 Å². The minimum atomic E-state index is -0.370. The number of ether oxygens (including phenoxy) is 2. The zero-order chi connectivity index (χ0) is 21.5. The van der Waals surface area contributed by atoms with Gasteiger partial charge in [0.15, 0.2) is 0 Å². The van der Waals surface area contributed by atoms with Crippen LogP contribution in [0.15, 0.2) is 78.9 Å². The molecule has 29 heavy (non-hydrogen) atoms. The first-order valence-electron chi connectivity index (χ1n) is 9.45. The maximum atomic E-state index is 11.0. The maximum Gasteiger partial charge on any atom is 0.335 e. The van der Waals surface area contributed by atoms with Crippen molar-refractivity contribution in [2.45, 2.75) is 13.8 Å². The minimum Gasteiger partial charge on any atom is -0.508 e. The molecular weight excluding hydrogens is 364 g/mol. The Hall–Kier alpha value is -3.11. The Morgan fingerprint density at radius 3 is 2.07 bits per heavy atom. The Morgan fingerprint density at radius 2 is 1.55 bits per heavy atom. The molecule has 0 fully saturated rings. The summed E-state index contributed by atoms with van der Waals surface area (Å²) < 4.78 is 9.63. The summed E-state index contributed by atoms with van der Waals surface area (Å²) in [5.74, 6) is 0.275. The highest BCUT2D eigenvalue weighted by Crippen LogP contribution is 2.11. The molecule has 4 heteroatoms. The van der Waals surface area contributed by atoms with E-state index in [1.54, 1.807) is 12.1 Å². The number of rotatable bonds is 8. The lowest BCUT2D eigenvalue weighted by atomic mass is 10.2. The van der Waals surface area contributed by atoms with Gasteiger partial charge in [-0.15, -0.1) is 0 Å². The third-order valence-corrected chi connectivity index (χ3v) is 3.54. The number of esters is 1. The third-order valence-electron chi connectivity index (χ3n) is 3.54. The second kappa shape index (κ2) is 14.0. The van der Waals surface area contributed by atoms with Gasteiger partial charge in [-0.3, -0.25) is 0 Å². The number of phenols is 1. The van der Waals surface area contributed by atoms with Gasteiger partial charge >= 0.3 is 5.97 Å². The van der Waals surface area contributed by atoms with Gasteiger partial charge < -0.3 is 14.6 Å². The largest absolute Gasteiger partial charge is 0.508 e. The van der Waals surface area contributed by atoms with E-state index in [1.165, 1.54) is 12.7 Å². The van der Waals surface area contributed by atoms with Crippen LogP contribution in [0.3, 0.4) is 0 Å². The first kappa shape index (κ1) is 23.9. The number of aromatic hydroxyl groups is 1. The highest BCUT2D eigenvalue weighted by atomic mass is 16.5. The van der Waals surface area contributed by atoms with Crippen molar-refractivity contribution in [3.05, 3.63) is 90.0 Å². The smallest absolute Gasteiger partial charge is 0.335 e. The normalized spacial score (nSPS) is 10.8. The van der Waals surface area contributed by atoms with Gasteiger partial charge in [-0.05, 0) is 29.2 Å². The van der Waals surface area contributed by atoms with Crippen molar-refractivity contribution in [3.63, 3.8) is 0 Å². The average molecular weight is 395 g/mol. The number of methoxy groups -OCH3 is 1. The molecule has 4 nitrogen and oxygen atoms in total. The molecule has 2 aromatic rings. The average Bonchev–Trinajstić information content (AvgIpc) is 2.72. The predicted octanol–water partition coefficient (Wildman–Crippen LogP) is 5.51. The summed E-state index contributed by atoms with van der Waals surface area (Å²) in [6.07, 6.45) is 8.04. The van der Waals surface area contributed by atoms with Crippen LogP contribution in [0.2, 0.25) is 0 Å². The Bertz CT molecular complexity index is 787. The second-order valence-electron chi connectivity index (χ2n) is 6.75. The van der Waals surface area contributed by atoms with Crippen LogP contribution < -0.4 is 0 Å². The summed E-state index contributed by atoms with van der Waals surface area (Å²) in [6.45, 7) is 8.15. The standard InChI is InChI=1S/C16H14O.C9H16O3/c17-16-12-10-15(11-13-16)9-5-4-8-14-6-2-1-3-7-14;1-7(2)5-12-9(10)8(3)6-11-4/h1-13,17H;7H,3,5-6H2,1-2,4H3. The Labute approximate surface area is 173 Å². The third kappa shape index (κ3) is 11.4. The quantitative estimate of drug-likeness (QED) is 0.364. The molecule has 154 valence electrons. The molecule has 0 aliphatic carbocycles. The van der Waals surface area contributed by atoms with E-state index in [0.29, 0.717) is 23.8 Å². The van der Waals surface area contributed by atoms with Gasteiger partial charge in [0.05, 0.1) is 18.8 Å². The summed E-state index contributed by atoms with van der Waals surface area (Å²) >= 11 is 0. The fourth-order valence-corrected chi connectivity index (χ4v) is 2.06. The van der Waals surface area contributed by atoms with Crippen molar-refractivity contribution in [2.24, 2.45) is 5.92 Å². The zero-order valence-electron chi connectivity index (χ0n) is 17.4. The van der Waals surface area contributed by atoms with Crippen LogP contribution >= 0.6 is 0 Å². The van der Waals surface area contributed by atoms with E-state index in [9.17, 15) is 4.79 Å². The monoisotopic (exact) mass is 394 g/mol. The Morgan fingerprint density at radius 1 is 1.00 bits per heavy atom. The minimum absolute atomic E-state index is 0.233. The summed E-state index contributed by atoms with van der Waals surface area (Å²) in [4.78, 5) is 11.0. The Balaban J connectivity index is 0.000000311. The fraction of sp³-hybridized carbons (Fsp3) is 0.240. The van der Waals surface area contributed by atoms with E-state index >= 15 is 0 Å². The first-order chi connectivity index (χ1) is 13.9. The summed E-state index contributed by atoms with van der Waals surface area (Å²) in [5, 5.41) is 9.14. The number of hydrogen-bond donors (Lipinski definition) is 1. The summed E-state index contributed by atoms with van der Waals surface area (Å²) in [5.41, 5.74) is 2.61. The number of carbonyl (C=O) groups is 1. The molecular formula is C25H30O4. The SMILES string of the molecule is C=C(COC)C(=O)OCC(C)C.Oc1ccc(C=CC=Cc2ccccc2)cc1. The van der Waals surface area contributed by atoms with E-state index in [1.807, 2.05) is 62.4 Å². The van der Waals surface area contributed by atoms with Gasteiger partial charge in [0.25, 0.3) is 0 Å². The molecule has 0 aliphatic heterocycles. The molecule has 0 aliphatic rings. The van der Waals surface area contributed by atoms with Crippen LogP contribution in [0, 0.1) is 5.92 Å². The van der Waals surface area contributed by atoms with Crippen molar-refractivity contribution in [1.82, 2.24) is 0 Å². The van der Waals surface area contributed by atoms with E-state index in [-0.39, 0.29) is 12.6 Å². The second-order valence-corrected chi connectivity index (χ2v) is 6.75. The number of benzene rings is 2. The summed E-state index contributed by atoms with van der Waals surface area (Å²) in [6, 6.07) is 17.3. The zero-order valence-corrected chi connectivity index (χ0v) is 17.4. The molecule has 1 N–H and O–H groups in total. The number of hydrogen-bond acceptors (Lipinski definition) is 4. The highest BCUT2D eigenvalue weighted by molar-refractivity contribution is 5.87. The molecule has 0 spiro atoms. The van der Waals surface area contributed by atoms with Crippen molar-refractivity contribution in [2.75, 3.05) is 20.3 Å². The molecule has 0 aromatic heterocycles. The van der Waals surface area contributed by atoms with Crippen LogP contribution in [0.1, 0.15) is 25.0 Å². The maximum absolute atomic E-state index is 11.0. The van der Waals surface area contributed by atoms with E-state index in [4.69, 9.17) is 14.6 Å². The molecule has 2 rings (SSSR count). The van der Waals surface area contributed by atoms with Gasteiger partial charge in [-0.1, -0.05) is 87.2 Å². The van der Waals surface area contributed by atoms with Crippen molar-refractivity contribution in [1.29, 1.82) is 0 Å². The molecule has 2 aromatic carbocycles. The van der Waals surface area contributed by atoms with Gasteiger partial charge in [0.2, 0.25) is 0 Å². The van der Waals surface area contributed by atoms with Crippen LogP contribution in [-0.2, 0) is 14.3 Å². The van der Waals surface area contributed by atoms with E-state index < -0.39 is 0 Å². The van der Waals surface area contributed by atoms with Crippen molar-refractivity contribution in [3.8, 4) is 5.75 Å². The van der Waals surface area contributed by atoms with E-state index in [0.717, 1.165) is 5.56 Å². The number of allylic oxidation sites excluding steroid dienone is 2. The number of phenolic OH excluding ortho intramolecular Hbond substituents is 1. The molecule has 0 amide bonds. The van der Waals surface area contributed by atoms with Gasteiger partial charge in [-0.25, -0.2) is 4.79 Å². The fourth-order valence-electron chi connectivity index (χ4n) is 2.06. The lowest BCUT2D eigenvalue weighted by Gasteiger charge is -2.07. The predicted molar refractivity (Wildman–Crippen MR) is 119 cm³/mol. The van der Waals surface area contributed by atoms with Crippen LogP contribution in [0.5, 0.6) is 5.75 Å². The Kier molecular flexibility index (Phi) is 11.5. The van der Waals surface area contributed by atoms with Crippen LogP contribution in [0.4, 0.5) is 0 Å². The molecule has 0 atom stereocenters. The van der Waals surface area contributed by atoms with Gasteiger partial charge in [-0.2, -0.15) is 0 Å². The molecule has 0 bridgehead atoms. The van der Waals surface area contributed by atoms with Gasteiger partial charge in [0.1, 0.15) is 5.75 Å². The first-order valence-corrected chi connectivity index (χ1v) is 9.45. The number of carbonyl (C=O) groups excluding carboxylic acids is 1. The lowest BCUT2D eigenvalue weighted by molar-refractivity contribution is -0.140. The van der Waals surface area contributed by atoms with Crippen molar-refractivity contribution < 1.29 is 19.4 Å². The van der Waals surface area contributed by atoms with E-state index in [2.05, 4.69) is 24.8 Å². The topological polar surface area (TPSA) is 55.8 Å². The lowest BCUT2D eigenvalue weighted by Crippen LogP contribution is -2.14. The molecule has 0 saturated heterocycles. The molecule has 0 radical (unpaired) electrons. The molecule has 0 unspecified atom stereocenters. The van der Waals surface area contributed by atoms with Crippen LogP contribution in [0.25, 0.3) is 12.2 Å². The molecule has 0 heterocycles.